The van der Waals surface area contributed by atoms with Crippen LogP contribution in [-0.2, 0) is 6.54 Å². The highest BCUT2D eigenvalue weighted by atomic mass is 19.1. The zero-order valence-corrected chi connectivity index (χ0v) is 9.61. The molecule has 1 aromatic carbocycles. The van der Waals surface area contributed by atoms with Crippen molar-refractivity contribution in [3.8, 4) is 0 Å². The van der Waals surface area contributed by atoms with Crippen LogP contribution in [0.5, 0.6) is 0 Å². The molecule has 0 heterocycles. The van der Waals surface area contributed by atoms with E-state index in [2.05, 4.69) is 5.32 Å². The normalized spacial score (nSPS) is 17.4. The van der Waals surface area contributed by atoms with Crippen molar-refractivity contribution >= 4 is 0 Å². The molecule has 0 aromatic heterocycles. The van der Waals surface area contributed by atoms with Gasteiger partial charge in [0.15, 0.2) is 0 Å². The molecule has 0 atom stereocenters. The molecule has 1 nitrogen and oxygen atoms in total. The molecule has 2 rings (SSSR count). The standard InChI is InChI=1S/C13H16F3N/c14-9-6-12(15)11(13(16)7-9)8-17-10-4-2-1-3-5-10/h6-7,10,17H,1-5,8H2. The van der Waals surface area contributed by atoms with Crippen LogP contribution >= 0.6 is 0 Å². The summed E-state index contributed by atoms with van der Waals surface area (Å²) in [7, 11) is 0. The summed E-state index contributed by atoms with van der Waals surface area (Å²) in [5.74, 6) is -2.50. The zero-order valence-electron chi connectivity index (χ0n) is 9.61. The third kappa shape index (κ3) is 3.22. The van der Waals surface area contributed by atoms with Gasteiger partial charge < -0.3 is 5.32 Å². The molecule has 17 heavy (non-hydrogen) atoms. The fourth-order valence-electron chi connectivity index (χ4n) is 2.29. The molecule has 1 saturated carbocycles. The average Bonchev–Trinajstić information content (AvgIpc) is 2.29. The predicted molar refractivity (Wildman–Crippen MR) is 60.0 cm³/mol. The van der Waals surface area contributed by atoms with Gasteiger partial charge in [-0.1, -0.05) is 19.3 Å². The summed E-state index contributed by atoms with van der Waals surface area (Å²) in [5, 5.41) is 3.14. The van der Waals surface area contributed by atoms with E-state index in [4.69, 9.17) is 0 Å². The van der Waals surface area contributed by atoms with Crippen molar-refractivity contribution in [2.24, 2.45) is 0 Å². The zero-order chi connectivity index (χ0) is 12.3. The van der Waals surface area contributed by atoms with E-state index in [0.29, 0.717) is 6.04 Å². The predicted octanol–water partition coefficient (Wildman–Crippen LogP) is 3.53. The Labute approximate surface area is 99.0 Å². The van der Waals surface area contributed by atoms with Crippen molar-refractivity contribution < 1.29 is 13.2 Å². The van der Waals surface area contributed by atoms with Gasteiger partial charge in [0.1, 0.15) is 17.5 Å². The van der Waals surface area contributed by atoms with Crippen LogP contribution in [0.4, 0.5) is 13.2 Å². The third-order valence-corrected chi connectivity index (χ3v) is 3.28. The van der Waals surface area contributed by atoms with Crippen molar-refractivity contribution in [3.05, 3.63) is 35.1 Å². The number of hydrogen-bond donors (Lipinski definition) is 1. The van der Waals surface area contributed by atoms with Gasteiger partial charge >= 0.3 is 0 Å². The van der Waals surface area contributed by atoms with Crippen LogP contribution in [0.15, 0.2) is 12.1 Å². The van der Waals surface area contributed by atoms with E-state index in [1.54, 1.807) is 0 Å². The minimum Gasteiger partial charge on any atom is -0.310 e. The molecule has 94 valence electrons. The third-order valence-electron chi connectivity index (χ3n) is 3.28. The Hall–Kier alpha value is -1.03. The maximum Gasteiger partial charge on any atom is 0.133 e. The summed E-state index contributed by atoms with van der Waals surface area (Å²) in [6.45, 7) is 0.128. The SMILES string of the molecule is Fc1cc(F)c(CNC2CCCCC2)c(F)c1. The maximum absolute atomic E-state index is 13.3. The van der Waals surface area contributed by atoms with E-state index < -0.39 is 17.5 Å². The van der Waals surface area contributed by atoms with Gasteiger partial charge in [0, 0.05) is 30.3 Å². The molecule has 0 spiro atoms. The monoisotopic (exact) mass is 243 g/mol. The smallest absolute Gasteiger partial charge is 0.133 e. The Morgan fingerprint density at radius 1 is 1.00 bits per heavy atom. The lowest BCUT2D eigenvalue weighted by Crippen LogP contribution is -2.31. The minimum absolute atomic E-state index is 0.0722. The molecule has 1 aromatic rings. The molecule has 0 saturated heterocycles. The highest BCUT2D eigenvalue weighted by Gasteiger charge is 2.16. The second-order valence-corrected chi connectivity index (χ2v) is 4.56. The highest BCUT2D eigenvalue weighted by Crippen LogP contribution is 2.19. The van der Waals surface area contributed by atoms with E-state index in [1.165, 1.54) is 6.42 Å². The van der Waals surface area contributed by atoms with Gasteiger partial charge in [-0.15, -0.1) is 0 Å². The summed E-state index contributed by atoms with van der Waals surface area (Å²) in [4.78, 5) is 0. The fraction of sp³-hybridized carbons (Fsp3) is 0.538. The van der Waals surface area contributed by atoms with Gasteiger partial charge in [-0.2, -0.15) is 0 Å². The molecule has 0 aliphatic heterocycles. The van der Waals surface area contributed by atoms with Crippen LogP contribution in [0.2, 0.25) is 0 Å². The Kier molecular flexibility index (Phi) is 4.05. The number of nitrogens with one attached hydrogen (secondary N) is 1. The van der Waals surface area contributed by atoms with Crippen LogP contribution in [0, 0.1) is 17.5 Å². The molecule has 1 fully saturated rings. The second-order valence-electron chi connectivity index (χ2n) is 4.56. The number of benzene rings is 1. The number of halogens is 3. The molecular weight excluding hydrogens is 227 g/mol. The molecule has 0 unspecified atom stereocenters. The van der Waals surface area contributed by atoms with E-state index in [0.717, 1.165) is 37.8 Å². The number of hydrogen-bond acceptors (Lipinski definition) is 1. The van der Waals surface area contributed by atoms with Gasteiger partial charge in [0.25, 0.3) is 0 Å². The lowest BCUT2D eigenvalue weighted by atomic mass is 9.95. The summed E-state index contributed by atoms with van der Waals surface area (Å²) >= 11 is 0. The topological polar surface area (TPSA) is 12.0 Å². The first-order chi connectivity index (χ1) is 8.16. The number of rotatable bonds is 3. The van der Waals surface area contributed by atoms with Crippen LogP contribution in [0.1, 0.15) is 37.7 Å². The summed E-state index contributed by atoms with van der Waals surface area (Å²) in [6.07, 6.45) is 5.64. The van der Waals surface area contributed by atoms with Crippen molar-refractivity contribution in [2.75, 3.05) is 0 Å². The molecule has 1 aliphatic carbocycles. The Morgan fingerprint density at radius 3 is 2.18 bits per heavy atom. The lowest BCUT2D eigenvalue weighted by molar-refractivity contribution is 0.366. The Balaban J connectivity index is 1.98. The van der Waals surface area contributed by atoms with Crippen molar-refractivity contribution in [1.82, 2.24) is 5.32 Å². The van der Waals surface area contributed by atoms with Crippen LogP contribution in [-0.4, -0.2) is 6.04 Å². The molecule has 1 N–H and O–H groups in total. The largest absolute Gasteiger partial charge is 0.310 e. The van der Waals surface area contributed by atoms with Gasteiger partial charge in [-0.3, -0.25) is 0 Å². The van der Waals surface area contributed by atoms with Gasteiger partial charge in [-0.05, 0) is 12.8 Å². The van der Waals surface area contributed by atoms with Crippen molar-refractivity contribution in [1.29, 1.82) is 0 Å². The summed E-state index contributed by atoms with van der Waals surface area (Å²) < 4.78 is 39.4. The van der Waals surface area contributed by atoms with E-state index in [9.17, 15) is 13.2 Å². The first-order valence-corrected chi connectivity index (χ1v) is 6.03. The molecule has 0 radical (unpaired) electrons. The van der Waals surface area contributed by atoms with Crippen molar-refractivity contribution in [2.45, 2.75) is 44.7 Å². The Morgan fingerprint density at radius 2 is 1.59 bits per heavy atom. The summed E-state index contributed by atoms with van der Waals surface area (Å²) in [6, 6.07) is 1.77. The summed E-state index contributed by atoms with van der Waals surface area (Å²) in [5.41, 5.74) is -0.0722. The molecule has 0 amide bonds. The molecular formula is C13H16F3N. The first kappa shape index (κ1) is 12.4. The molecule has 0 bridgehead atoms. The fourth-order valence-corrected chi connectivity index (χ4v) is 2.29. The van der Waals surface area contributed by atoms with E-state index in [1.807, 2.05) is 0 Å². The van der Waals surface area contributed by atoms with Crippen LogP contribution in [0.3, 0.4) is 0 Å². The highest BCUT2D eigenvalue weighted by molar-refractivity contribution is 5.20. The van der Waals surface area contributed by atoms with Gasteiger partial charge in [0.2, 0.25) is 0 Å². The molecule has 4 heteroatoms. The lowest BCUT2D eigenvalue weighted by Gasteiger charge is -2.23. The van der Waals surface area contributed by atoms with Crippen molar-refractivity contribution in [3.63, 3.8) is 0 Å². The van der Waals surface area contributed by atoms with Gasteiger partial charge in [-0.25, -0.2) is 13.2 Å². The van der Waals surface area contributed by atoms with E-state index in [-0.39, 0.29) is 12.1 Å². The van der Waals surface area contributed by atoms with E-state index >= 15 is 0 Å². The maximum atomic E-state index is 13.3. The molecule has 1 aliphatic rings. The first-order valence-electron chi connectivity index (χ1n) is 6.03. The quantitative estimate of drug-likeness (QED) is 0.856. The van der Waals surface area contributed by atoms with Crippen LogP contribution < -0.4 is 5.32 Å². The van der Waals surface area contributed by atoms with Gasteiger partial charge in [0.05, 0.1) is 0 Å². The average molecular weight is 243 g/mol. The Bertz CT molecular complexity index is 363. The minimum atomic E-state index is -0.874. The van der Waals surface area contributed by atoms with Crippen LogP contribution in [0.25, 0.3) is 0 Å². The second kappa shape index (κ2) is 5.54.